The van der Waals surface area contributed by atoms with Crippen molar-refractivity contribution in [1.29, 1.82) is 0 Å². The number of rotatable bonds is 8. The lowest BCUT2D eigenvalue weighted by atomic mass is 10.2. The molecule has 0 saturated carbocycles. The quantitative estimate of drug-likeness (QED) is 0.383. The molecule has 1 unspecified atom stereocenters. The van der Waals surface area contributed by atoms with Gasteiger partial charge >= 0.3 is 0 Å². The Bertz CT molecular complexity index is 136. The predicted octanol–water partition coefficient (Wildman–Crippen LogP) is 3.69. The highest BCUT2D eigenvalue weighted by Gasteiger charge is 2.13. The van der Waals surface area contributed by atoms with Gasteiger partial charge in [0.15, 0.2) is 6.29 Å². The Balaban J connectivity index is 1.79. The Morgan fingerprint density at radius 2 is 2.13 bits per heavy atom. The second-order valence-corrected chi connectivity index (χ2v) is 4.72. The van der Waals surface area contributed by atoms with Crippen LogP contribution in [0.5, 0.6) is 0 Å². The van der Waals surface area contributed by atoms with Crippen LogP contribution in [0.3, 0.4) is 0 Å². The molecule has 0 aromatic rings. The van der Waals surface area contributed by atoms with E-state index >= 15 is 0 Å². The monoisotopic (exact) mass is 277 g/mol. The third-order valence-corrected chi connectivity index (χ3v) is 3.10. The second-order valence-electron chi connectivity index (χ2n) is 3.93. The van der Waals surface area contributed by atoms with E-state index in [1.54, 1.807) is 0 Å². The molecule has 0 aliphatic carbocycles. The summed E-state index contributed by atoms with van der Waals surface area (Å²) in [6, 6.07) is 0. The summed E-state index contributed by atoms with van der Waals surface area (Å²) in [6.07, 6.45) is 10.7. The number of hydrogen-bond acceptors (Lipinski definition) is 2. The highest BCUT2D eigenvalue weighted by Crippen LogP contribution is 2.14. The van der Waals surface area contributed by atoms with E-state index < -0.39 is 0 Å². The molecule has 0 N–H and O–H groups in total. The average molecular weight is 278 g/mol. The van der Waals surface area contributed by atoms with Gasteiger partial charge in [0.05, 0.1) is 25.9 Å². The third-order valence-electron chi connectivity index (χ3n) is 2.54. The van der Waals surface area contributed by atoms with E-state index in [0.717, 1.165) is 31.4 Å². The van der Waals surface area contributed by atoms with Crippen molar-refractivity contribution in [3.63, 3.8) is 0 Å². The first kappa shape index (κ1) is 13.3. The van der Waals surface area contributed by atoms with E-state index in [2.05, 4.69) is 22.4 Å². The summed E-state index contributed by atoms with van der Waals surface area (Å²) in [5.41, 5.74) is 0. The van der Waals surface area contributed by atoms with E-state index in [9.17, 15) is 0 Å². The Kier molecular flexibility index (Phi) is 8.44. The lowest BCUT2D eigenvalue weighted by molar-refractivity contribution is -0.162. The van der Waals surface area contributed by atoms with E-state index in [0.29, 0.717) is 0 Å². The van der Waals surface area contributed by atoms with Crippen molar-refractivity contribution in [1.82, 2.24) is 0 Å². The first-order chi connectivity index (χ1) is 7.43. The maximum Gasteiger partial charge on any atom is 0.157 e. The molecule has 2 nitrogen and oxygen atoms in total. The smallest absolute Gasteiger partial charge is 0.157 e. The fraction of sp³-hybridized carbons (Fsp3) is 0.917. The molecule has 1 saturated heterocycles. The Morgan fingerprint density at radius 3 is 2.87 bits per heavy atom. The Labute approximate surface area is 102 Å². The van der Waals surface area contributed by atoms with Crippen LogP contribution in [0, 0.1) is 6.42 Å². The Hall–Kier alpha value is 0.270. The molecular weight excluding hydrogens is 256 g/mol. The first-order valence-electron chi connectivity index (χ1n) is 6.04. The molecule has 0 spiro atoms. The summed E-state index contributed by atoms with van der Waals surface area (Å²) in [6.45, 7) is 1.72. The average Bonchev–Trinajstić information content (AvgIpc) is 2.29. The van der Waals surface area contributed by atoms with Crippen molar-refractivity contribution in [2.24, 2.45) is 0 Å². The van der Waals surface area contributed by atoms with Gasteiger partial charge in [0.25, 0.3) is 0 Å². The molecule has 15 heavy (non-hydrogen) atoms. The summed E-state index contributed by atoms with van der Waals surface area (Å²) in [7, 11) is 0. The molecular formula is C12H22BrO2+. The van der Waals surface area contributed by atoms with Crippen LogP contribution >= 0.6 is 15.9 Å². The van der Waals surface area contributed by atoms with Crippen molar-refractivity contribution in [2.45, 2.75) is 51.2 Å². The van der Waals surface area contributed by atoms with Crippen molar-refractivity contribution >= 4 is 15.9 Å². The van der Waals surface area contributed by atoms with Gasteiger partial charge in [0, 0.05) is 18.4 Å². The number of hydrogen-bond donors (Lipinski definition) is 0. The van der Waals surface area contributed by atoms with Crippen LogP contribution in [-0.4, -0.2) is 24.8 Å². The van der Waals surface area contributed by atoms with E-state index in [-0.39, 0.29) is 6.29 Å². The zero-order valence-electron chi connectivity index (χ0n) is 9.42. The van der Waals surface area contributed by atoms with E-state index in [4.69, 9.17) is 9.47 Å². The van der Waals surface area contributed by atoms with Crippen LogP contribution in [0.4, 0.5) is 0 Å². The number of unbranched alkanes of at least 4 members (excludes halogenated alkanes) is 4. The predicted molar refractivity (Wildman–Crippen MR) is 66.1 cm³/mol. The van der Waals surface area contributed by atoms with Gasteiger partial charge in [-0.3, -0.25) is 0 Å². The minimum atomic E-state index is 0.0845. The zero-order chi connectivity index (χ0) is 10.8. The van der Waals surface area contributed by atoms with Crippen LogP contribution in [0.15, 0.2) is 0 Å². The van der Waals surface area contributed by atoms with Gasteiger partial charge in [-0.2, -0.15) is 0 Å². The summed E-state index contributed by atoms with van der Waals surface area (Å²) < 4.78 is 11.1. The minimum Gasteiger partial charge on any atom is -0.353 e. The van der Waals surface area contributed by atoms with Gasteiger partial charge in [0.1, 0.15) is 0 Å². The number of halogens is 1. The highest BCUT2D eigenvalue weighted by molar-refractivity contribution is 9.09. The summed E-state index contributed by atoms with van der Waals surface area (Å²) in [4.78, 5) is 0. The summed E-state index contributed by atoms with van der Waals surface area (Å²) in [5, 5.41) is 1.11. The minimum absolute atomic E-state index is 0.0845. The lowest BCUT2D eigenvalue weighted by Crippen LogP contribution is -2.22. The molecule has 1 aliphatic rings. The van der Waals surface area contributed by atoms with Crippen LogP contribution < -0.4 is 0 Å². The van der Waals surface area contributed by atoms with Crippen molar-refractivity contribution in [2.75, 3.05) is 18.5 Å². The molecule has 0 bridgehead atoms. The topological polar surface area (TPSA) is 18.5 Å². The maximum absolute atomic E-state index is 5.64. The zero-order valence-corrected chi connectivity index (χ0v) is 11.0. The molecule has 3 heteroatoms. The molecule has 0 aromatic carbocycles. The van der Waals surface area contributed by atoms with Gasteiger partial charge in [-0.1, -0.05) is 15.9 Å². The Morgan fingerprint density at radius 1 is 1.27 bits per heavy atom. The molecule has 0 aromatic heterocycles. The maximum atomic E-state index is 5.64. The standard InChI is InChI=1S/C12H22BrO2/c13-9-5-2-1-3-6-10-14-12-8-4-7-11-15-12/h1,12H,2-11H2/q+1. The van der Waals surface area contributed by atoms with E-state index in [1.807, 2.05) is 0 Å². The molecule has 1 heterocycles. The van der Waals surface area contributed by atoms with E-state index in [1.165, 1.54) is 32.1 Å². The molecule has 88 valence electrons. The van der Waals surface area contributed by atoms with Crippen LogP contribution in [-0.2, 0) is 9.47 Å². The van der Waals surface area contributed by atoms with Gasteiger partial charge < -0.3 is 9.47 Å². The molecule has 0 radical (unpaired) electrons. The van der Waals surface area contributed by atoms with Crippen molar-refractivity contribution in [3.8, 4) is 0 Å². The fourth-order valence-electron chi connectivity index (χ4n) is 1.65. The van der Waals surface area contributed by atoms with Crippen molar-refractivity contribution in [3.05, 3.63) is 6.42 Å². The SMILES string of the molecule is BrCCC[CH+]CCCOC1CCCCO1. The second kappa shape index (κ2) is 9.49. The molecule has 1 fully saturated rings. The van der Waals surface area contributed by atoms with Gasteiger partial charge in [0.2, 0.25) is 0 Å². The normalized spacial score (nSPS) is 21.5. The van der Waals surface area contributed by atoms with Crippen LogP contribution in [0.25, 0.3) is 0 Å². The number of alkyl halides is 1. The van der Waals surface area contributed by atoms with Gasteiger partial charge in [-0.05, 0) is 25.7 Å². The molecule has 0 amide bonds. The van der Waals surface area contributed by atoms with Gasteiger partial charge in [-0.25, -0.2) is 0 Å². The fourth-order valence-corrected chi connectivity index (χ4v) is 1.97. The molecule has 1 aliphatic heterocycles. The summed E-state index contributed by atoms with van der Waals surface area (Å²) in [5.74, 6) is 0. The first-order valence-corrected chi connectivity index (χ1v) is 7.16. The van der Waals surface area contributed by atoms with Crippen molar-refractivity contribution < 1.29 is 9.47 Å². The molecule has 1 atom stereocenters. The van der Waals surface area contributed by atoms with Gasteiger partial charge in [-0.15, -0.1) is 0 Å². The highest BCUT2D eigenvalue weighted by atomic mass is 79.9. The van der Waals surface area contributed by atoms with Crippen LogP contribution in [0.2, 0.25) is 0 Å². The summed E-state index contributed by atoms with van der Waals surface area (Å²) >= 11 is 3.42. The lowest BCUT2D eigenvalue weighted by Gasteiger charge is -2.22. The number of ether oxygens (including phenoxy) is 2. The third kappa shape index (κ3) is 7.20. The van der Waals surface area contributed by atoms with Crippen LogP contribution in [0.1, 0.15) is 44.9 Å². The largest absolute Gasteiger partial charge is 0.353 e. The molecule has 1 rings (SSSR count).